The Morgan fingerprint density at radius 1 is 1.07 bits per heavy atom. The maximum absolute atomic E-state index is 3.44. The lowest BCUT2D eigenvalue weighted by Crippen LogP contribution is -1.84. The van der Waals surface area contributed by atoms with E-state index in [9.17, 15) is 0 Å². The highest BCUT2D eigenvalue weighted by atomic mass is 79.9. The minimum absolute atomic E-state index is 0.832. The number of hydrogen-bond acceptors (Lipinski definition) is 0. The van der Waals surface area contributed by atoms with E-state index in [-0.39, 0.29) is 0 Å². The monoisotopic (exact) mass is 250 g/mol. The average molecular weight is 251 g/mol. The van der Waals surface area contributed by atoms with Gasteiger partial charge in [-0.25, -0.2) is 0 Å². The normalized spacial score (nSPS) is 18.1. The third kappa shape index (κ3) is 2.71. The van der Waals surface area contributed by atoms with Crippen LogP contribution in [0.3, 0.4) is 0 Å². The van der Waals surface area contributed by atoms with Crippen LogP contribution >= 0.6 is 15.9 Å². The number of rotatable bonds is 2. The van der Waals surface area contributed by atoms with E-state index in [0.717, 1.165) is 10.4 Å². The number of allylic oxidation sites excluding steroid dienone is 1. The summed E-state index contributed by atoms with van der Waals surface area (Å²) < 4.78 is 1.15. The van der Waals surface area contributed by atoms with Crippen molar-refractivity contribution in [3.63, 3.8) is 0 Å². The van der Waals surface area contributed by atoms with Crippen LogP contribution in [0.4, 0.5) is 0 Å². The number of benzene rings is 1. The molecule has 0 unspecified atom stereocenters. The molecular weight excluding hydrogens is 236 g/mol. The molecule has 0 spiro atoms. The molecule has 0 saturated heterocycles. The number of hydrogen-bond donors (Lipinski definition) is 0. The molecule has 1 fully saturated rings. The summed E-state index contributed by atoms with van der Waals surface area (Å²) >= 11 is 3.44. The van der Waals surface area contributed by atoms with Crippen LogP contribution in [0.5, 0.6) is 0 Å². The van der Waals surface area contributed by atoms with Gasteiger partial charge in [0.15, 0.2) is 0 Å². The maximum atomic E-state index is 3.44. The van der Waals surface area contributed by atoms with E-state index >= 15 is 0 Å². The van der Waals surface area contributed by atoms with E-state index in [0.29, 0.717) is 0 Å². The molecule has 74 valence electrons. The van der Waals surface area contributed by atoms with Gasteiger partial charge in [-0.15, -0.1) is 0 Å². The Balaban J connectivity index is 1.99. The second kappa shape index (κ2) is 4.79. The van der Waals surface area contributed by atoms with Crippen LogP contribution in [0.25, 0.3) is 6.08 Å². The lowest BCUT2D eigenvalue weighted by Gasteiger charge is -2.00. The molecule has 1 aliphatic carbocycles. The van der Waals surface area contributed by atoms with Gasteiger partial charge in [-0.2, -0.15) is 0 Å². The van der Waals surface area contributed by atoms with Crippen molar-refractivity contribution in [3.05, 3.63) is 40.4 Å². The molecule has 14 heavy (non-hydrogen) atoms. The Morgan fingerprint density at radius 3 is 2.36 bits per heavy atom. The van der Waals surface area contributed by atoms with Crippen LogP contribution < -0.4 is 0 Å². The van der Waals surface area contributed by atoms with E-state index in [2.05, 4.69) is 52.3 Å². The van der Waals surface area contributed by atoms with Crippen molar-refractivity contribution >= 4 is 22.0 Å². The summed E-state index contributed by atoms with van der Waals surface area (Å²) in [6.07, 6.45) is 10.2. The lowest BCUT2D eigenvalue weighted by atomic mass is 10.1. The molecule has 1 heteroatoms. The van der Waals surface area contributed by atoms with Gasteiger partial charge in [0.25, 0.3) is 0 Å². The van der Waals surface area contributed by atoms with Crippen molar-refractivity contribution in [3.8, 4) is 0 Å². The van der Waals surface area contributed by atoms with Gasteiger partial charge in [-0.05, 0) is 36.5 Å². The highest BCUT2D eigenvalue weighted by Crippen LogP contribution is 2.26. The summed E-state index contributed by atoms with van der Waals surface area (Å²) in [5, 5.41) is 0. The van der Waals surface area contributed by atoms with Gasteiger partial charge in [0, 0.05) is 4.47 Å². The van der Waals surface area contributed by atoms with E-state index in [4.69, 9.17) is 0 Å². The van der Waals surface area contributed by atoms with E-state index < -0.39 is 0 Å². The van der Waals surface area contributed by atoms with Gasteiger partial charge in [0.1, 0.15) is 0 Å². The third-order valence-electron chi connectivity index (χ3n) is 2.83. The van der Waals surface area contributed by atoms with Crippen molar-refractivity contribution in [1.29, 1.82) is 0 Å². The molecule has 2 rings (SSSR count). The fraction of sp³-hybridized carbons (Fsp3) is 0.385. The van der Waals surface area contributed by atoms with E-state index in [1.807, 2.05) is 0 Å². The van der Waals surface area contributed by atoms with Gasteiger partial charge in [-0.3, -0.25) is 0 Å². The molecule has 0 atom stereocenters. The van der Waals surface area contributed by atoms with Crippen LogP contribution in [0.1, 0.15) is 31.2 Å². The first kappa shape index (κ1) is 9.97. The first-order valence-corrected chi connectivity index (χ1v) is 6.08. The molecule has 0 amide bonds. The first-order valence-electron chi connectivity index (χ1n) is 5.28. The molecule has 0 nitrogen and oxygen atoms in total. The van der Waals surface area contributed by atoms with Gasteiger partial charge in [0.2, 0.25) is 0 Å². The Kier molecular flexibility index (Phi) is 3.41. The molecule has 1 aromatic carbocycles. The fourth-order valence-electron chi connectivity index (χ4n) is 1.97. The zero-order chi connectivity index (χ0) is 9.80. The van der Waals surface area contributed by atoms with Gasteiger partial charge < -0.3 is 0 Å². The van der Waals surface area contributed by atoms with Crippen LogP contribution in [0, 0.1) is 5.92 Å². The van der Waals surface area contributed by atoms with Crippen molar-refractivity contribution in [2.24, 2.45) is 5.92 Å². The molecule has 0 bridgehead atoms. The van der Waals surface area contributed by atoms with Crippen LogP contribution in [-0.2, 0) is 0 Å². The van der Waals surface area contributed by atoms with Crippen molar-refractivity contribution < 1.29 is 0 Å². The van der Waals surface area contributed by atoms with Crippen molar-refractivity contribution in [2.45, 2.75) is 25.7 Å². The van der Waals surface area contributed by atoms with Crippen molar-refractivity contribution in [2.75, 3.05) is 0 Å². The predicted octanol–water partition coefficient (Wildman–Crippen LogP) is 4.65. The Morgan fingerprint density at radius 2 is 1.71 bits per heavy atom. The summed E-state index contributed by atoms with van der Waals surface area (Å²) in [5.41, 5.74) is 1.31. The Labute approximate surface area is 94.2 Å². The summed E-state index contributed by atoms with van der Waals surface area (Å²) in [4.78, 5) is 0. The summed E-state index contributed by atoms with van der Waals surface area (Å²) in [5.74, 6) is 0.832. The van der Waals surface area contributed by atoms with Crippen LogP contribution in [-0.4, -0.2) is 0 Å². The van der Waals surface area contributed by atoms with Crippen LogP contribution in [0.15, 0.2) is 34.8 Å². The quantitative estimate of drug-likeness (QED) is 0.717. The second-order valence-corrected chi connectivity index (χ2v) is 4.87. The highest BCUT2D eigenvalue weighted by Gasteiger charge is 2.10. The first-order chi connectivity index (χ1) is 6.84. The Hall–Kier alpha value is -0.560. The molecule has 1 aliphatic rings. The van der Waals surface area contributed by atoms with Gasteiger partial charge in [0.05, 0.1) is 0 Å². The molecule has 0 aliphatic heterocycles. The highest BCUT2D eigenvalue weighted by molar-refractivity contribution is 9.10. The molecule has 0 heterocycles. The predicted molar refractivity (Wildman–Crippen MR) is 65.1 cm³/mol. The lowest BCUT2D eigenvalue weighted by molar-refractivity contribution is 0.689. The van der Waals surface area contributed by atoms with E-state index in [1.54, 1.807) is 0 Å². The largest absolute Gasteiger partial charge is 0.0808 e. The van der Waals surface area contributed by atoms with Gasteiger partial charge in [-0.1, -0.05) is 53.1 Å². The average Bonchev–Trinajstić information content (AvgIpc) is 2.70. The molecular formula is C13H15Br. The second-order valence-electron chi connectivity index (χ2n) is 3.96. The zero-order valence-electron chi connectivity index (χ0n) is 8.25. The third-order valence-corrected chi connectivity index (χ3v) is 3.36. The summed E-state index contributed by atoms with van der Waals surface area (Å²) in [6, 6.07) is 8.48. The minimum Gasteiger partial charge on any atom is -0.0808 e. The zero-order valence-corrected chi connectivity index (χ0v) is 9.83. The standard InChI is InChI=1S/C13H15Br/c14-13-9-7-12(8-10-13)6-5-11-3-1-2-4-11/h5-11H,1-4H2/b6-5-. The van der Waals surface area contributed by atoms with Gasteiger partial charge >= 0.3 is 0 Å². The smallest absolute Gasteiger partial charge is 0.0175 e. The molecule has 1 saturated carbocycles. The summed E-state index contributed by atoms with van der Waals surface area (Å²) in [6.45, 7) is 0. The number of halogens is 1. The fourth-order valence-corrected chi connectivity index (χ4v) is 2.24. The van der Waals surface area contributed by atoms with Crippen LogP contribution in [0.2, 0.25) is 0 Å². The van der Waals surface area contributed by atoms with Crippen molar-refractivity contribution in [1.82, 2.24) is 0 Å². The summed E-state index contributed by atoms with van der Waals surface area (Å²) in [7, 11) is 0. The topological polar surface area (TPSA) is 0 Å². The molecule has 0 N–H and O–H groups in total. The van der Waals surface area contributed by atoms with E-state index in [1.165, 1.54) is 31.2 Å². The minimum atomic E-state index is 0.832. The maximum Gasteiger partial charge on any atom is 0.0175 e. The molecule has 1 aromatic rings. The molecule has 0 radical (unpaired) electrons. The Bertz CT molecular complexity index is 305. The SMILES string of the molecule is Brc1ccc(/C=C\C2CCCC2)cc1. The molecule has 0 aromatic heterocycles.